The zero-order chi connectivity index (χ0) is 16.1. The van der Waals surface area contributed by atoms with Crippen LogP contribution in [0.15, 0.2) is 66.7 Å². The molecule has 24 heavy (non-hydrogen) atoms. The van der Waals surface area contributed by atoms with Crippen molar-refractivity contribution in [1.82, 2.24) is 9.97 Å². The van der Waals surface area contributed by atoms with Crippen LogP contribution in [0.5, 0.6) is 0 Å². The zero-order valence-electron chi connectivity index (χ0n) is 12.5. The molecule has 5 rings (SSSR count). The summed E-state index contributed by atoms with van der Waals surface area (Å²) in [6.45, 7) is 0. The van der Waals surface area contributed by atoms with Gasteiger partial charge in [-0.3, -0.25) is 0 Å². The molecular formula is C20H11ClN2S. The molecule has 0 saturated carbocycles. The molecule has 0 fully saturated rings. The van der Waals surface area contributed by atoms with E-state index in [9.17, 15) is 0 Å². The lowest BCUT2D eigenvalue weighted by Crippen LogP contribution is -1.90. The first kappa shape index (κ1) is 13.9. The molecule has 3 aromatic carbocycles. The summed E-state index contributed by atoms with van der Waals surface area (Å²) >= 11 is 7.96. The maximum Gasteiger partial charge on any atom is 0.223 e. The predicted octanol–water partition coefficient (Wildman–Crippen LogP) is 6.32. The highest BCUT2D eigenvalue weighted by Crippen LogP contribution is 2.37. The molecule has 2 heterocycles. The van der Waals surface area contributed by atoms with Crippen LogP contribution in [0.25, 0.3) is 42.3 Å². The summed E-state index contributed by atoms with van der Waals surface area (Å²) in [7, 11) is 0. The van der Waals surface area contributed by atoms with Gasteiger partial charge in [0.25, 0.3) is 0 Å². The van der Waals surface area contributed by atoms with Gasteiger partial charge in [-0.05, 0) is 35.9 Å². The number of hydrogen-bond donors (Lipinski definition) is 0. The molecule has 5 aromatic rings. The smallest absolute Gasteiger partial charge is 0.218 e. The number of rotatable bonds is 1. The number of para-hydroxylation sites is 1. The highest BCUT2D eigenvalue weighted by Gasteiger charge is 2.11. The van der Waals surface area contributed by atoms with E-state index in [0.29, 0.717) is 0 Å². The molecule has 0 bridgehead atoms. The van der Waals surface area contributed by atoms with Crippen LogP contribution >= 0.6 is 22.9 Å². The van der Waals surface area contributed by atoms with Crippen LogP contribution < -0.4 is 0 Å². The molecule has 0 saturated heterocycles. The zero-order valence-corrected chi connectivity index (χ0v) is 14.1. The van der Waals surface area contributed by atoms with E-state index < -0.39 is 0 Å². The third kappa shape index (κ3) is 2.09. The number of halogens is 1. The second kappa shape index (κ2) is 5.26. The third-order valence-corrected chi connectivity index (χ3v) is 5.55. The molecular weight excluding hydrogens is 336 g/mol. The van der Waals surface area contributed by atoms with Crippen LogP contribution in [-0.4, -0.2) is 9.97 Å². The van der Waals surface area contributed by atoms with E-state index in [1.165, 1.54) is 20.2 Å². The van der Waals surface area contributed by atoms with E-state index >= 15 is 0 Å². The molecule has 0 N–H and O–H groups in total. The molecule has 4 heteroatoms. The Labute approximate surface area is 147 Å². The average Bonchev–Trinajstić information content (AvgIpc) is 2.99. The van der Waals surface area contributed by atoms with Crippen LogP contribution in [0.3, 0.4) is 0 Å². The van der Waals surface area contributed by atoms with Crippen LogP contribution in [0.1, 0.15) is 0 Å². The quantitative estimate of drug-likeness (QED) is 0.332. The van der Waals surface area contributed by atoms with Gasteiger partial charge in [0.05, 0.1) is 11.2 Å². The third-order valence-electron chi connectivity index (χ3n) is 4.23. The molecule has 2 nitrogen and oxygen atoms in total. The van der Waals surface area contributed by atoms with Crippen molar-refractivity contribution >= 4 is 54.0 Å². The number of hydrogen-bond acceptors (Lipinski definition) is 3. The van der Waals surface area contributed by atoms with Gasteiger partial charge >= 0.3 is 0 Å². The summed E-state index contributed by atoms with van der Waals surface area (Å²) in [6, 6.07) is 22.9. The van der Waals surface area contributed by atoms with Crippen LogP contribution in [0.2, 0.25) is 5.28 Å². The lowest BCUT2D eigenvalue weighted by Gasteiger charge is -2.06. The minimum absolute atomic E-state index is 0.277. The van der Waals surface area contributed by atoms with Gasteiger partial charge in [-0.1, -0.05) is 42.5 Å². The molecule has 0 aliphatic heterocycles. The first-order valence-corrected chi connectivity index (χ1v) is 8.83. The summed E-state index contributed by atoms with van der Waals surface area (Å²) in [6.07, 6.45) is 0. The fourth-order valence-corrected chi connectivity index (χ4v) is 4.40. The van der Waals surface area contributed by atoms with E-state index in [1.807, 2.05) is 35.6 Å². The summed E-state index contributed by atoms with van der Waals surface area (Å²) in [5.74, 6) is 0. The van der Waals surface area contributed by atoms with E-state index in [0.717, 1.165) is 22.2 Å². The number of aromatic nitrogens is 2. The topological polar surface area (TPSA) is 25.8 Å². The number of nitrogens with zero attached hydrogens (tertiary/aromatic N) is 2. The number of thiophene rings is 1. The molecule has 0 unspecified atom stereocenters. The van der Waals surface area contributed by atoms with Crippen LogP contribution in [0, 0.1) is 0 Å². The Morgan fingerprint density at radius 1 is 0.708 bits per heavy atom. The van der Waals surface area contributed by atoms with Gasteiger partial charge in [-0.15, -0.1) is 11.3 Å². The van der Waals surface area contributed by atoms with Crippen molar-refractivity contribution in [2.45, 2.75) is 0 Å². The lowest BCUT2D eigenvalue weighted by molar-refractivity contribution is 1.23. The monoisotopic (exact) mass is 346 g/mol. The molecule has 114 valence electrons. The largest absolute Gasteiger partial charge is 0.223 e. The fourth-order valence-electron chi connectivity index (χ4n) is 3.14. The summed E-state index contributed by atoms with van der Waals surface area (Å²) < 4.78 is 2.58. The Morgan fingerprint density at radius 3 is 2.38 bits per heavy atom. The molecule has 0 radical (unpaired) electrons. The normalized spacial score (nSPS) is 11.5. The minimum atomic E-state index is 0.277. The second-order valence-corrected chi connectivity index (χ2v) is 7.09. The predicted molar refractivity (Wildman–Crippen MR) is 103 cm³/mol. The number of fused-ring (bicyclic) bond motifs is 4. The minimum Gasteiger partial charge on any atom is -0.218 e. The average molecular weight is 347 g/mol. The van der Waals surface area contributed by atoms with Crippen molar-refractivity contribution in [3.8, 4) is 11.3 Å². The second-order valence-electron chi connectivity index (χ2n) is 5.67. The van der Waals surface area contributed by atoms with Crippen LogP contribution in [-0.2, 0) is 0 Å². The Bertz CT molecular complexity index is 1230. The van der Waals surface area contributed by atoms with E-state index in [2.05, 4.69) is 52.4 Å². The van der Waals surface area contributed by atoms with E-state index in [-0.39, 0.29) is 5.28 Å². The van der Waals surface area contributed by atoms with E-state index in [4.69, 9.17) is 11.6 Å². The Kier molecular flexibility index (Phi) is 3.05. The highest BCUT2D eigenvalue weighted by atomic mass is 35.5. The lowest BCUT2D eigenvalue weighted by atomic mass is 10.0. The van der Waals surface area contributed by atoms with Gasteiger partial charge in [0.2, 0.25) is 5.28 Å². The molecule has 0 spiro atoms. The maximum absolute atomic E-state index is 6.15. The Balaban J connectivity index is 1.85. The molecule has 0 aliphatic rings. The number of benzene rings is 3. The van der Waals surface area contributed by atoms with Gasteiger partial charge in [0.1, 0.15) is 0 Å². The van der Waals surface area contributed by atoms with Gasteiger partial charge in [0.15, 0.2) is 0 Å². The first-order chi connectivity index (χ1) is 11.8. The van der Waals surface area contributed by atoms with Gasteiger partial charge in [0, 0.05) is 31.1 Å². The molecule has 0 amide bonds. The van der Waals surface area contributed by atoms with Crippen molar-refractivity contribution in [2.24, 2.45) is 0 Å². The van der Waals surface area contributed by atoms with Gasteiger partial charge in [-0.2, -0.15) is 0 Å². The van der Waals surface area contributed by atoms with E-state index in [1.54, 1.807) is 0 Å². The molecule has 2 aromatic heterocycles. The van der Waals surface area contributed by atoms with Gasteiger partial charge < -0.3 is 0 Å². The SMILES string of the molecule is Clc1nc(-c2ccc3sc4ccccc4c3c2)c2ccccc2n1. The van der Waals surface area contributed by atoms with Gasteiger partial charge in [-0.25, -0.2) is 9.97 Å². The Morgan fingerprint density at radius 2 is 1.46 bits per heavy atom. The maximum atomic E-state index is 6.15. The first-order valence-electron chi connectivity index (χ1n) is 7.63. The Hall–Kier alpha value is -2.49. The fraction of sp³-hybridized carbons (Fsp3) is 0. The van der Waals surface area contributed by atoms with Crippen molar-refractivity contribution in [3.05, 3.63) is 72.0 Å². The summed E-state index contributed by atoms with van der Waals surface area (Å²) in [5.41, 5.74) is 2.80. The standard InChI is InChI=1S/C20H11ClN2S/c21-20-22-16-7-3-1-6-14(16)19(23-20)12-9-10-18-15(11-12)13-5-2-4-8-17(13)24-18/h1-11H. The highest BCUT2D eigenvalue weighted by molar-refractivity contribution is 7.25. The molecule has 0 aliphatic carbocycles. The van der Waals surface area contributed by atoms with Crippen molar-refractivity contribution < 1.29 is 0 Å². The van der Waals surface area contributed by atoms with Crippen LogP contribution in [0.4, 0.5) is 0 Å². The summed E-state index contributed by atoms with van der Waals surface area (Å²) in [5, 5.41) is 3.83. The van der Waals surface area contributed by atoms with Crippen molar-refractivity contribution in [1.29, 1.82) is 0 Å². The van der Waals surface area contributed by atoms with Crippen molar-refractivity contribution in [2.75, 3.05) is 0 Å². The molecule has 0 atom stereocenters. The summed E-state index contributed by atoms with van der Waals surface area (Å²) in [4.78, 5) is 8.82. The van der Waals surface area contributed by atoms with Crippen molar-refractivity contribution in [3.63, 3.8) is 0 Å².